The van der Waals surface area contributed by atoms with Gasteiger partial charge in [0.2, 0.25) is 0 Å². The van der Waals surface area contributed by atoms with Gasteiger partial charge in [-0.05, 0) is 42.3 Å². The fourth-order valence-corrected chi connectivity index (χ4v) is 4.91. The van der Waals surface area contributed by atoms with Crippen LogP contribution < -0.4 is 5.56 Å². The van der Waals surface area contributed by atoms with Gasteiger partial charge in [0.15, 0.2) is 5.16 Å². The average molecular weight is 466 g/mol. The molecule has 3 aromatic carbocycles. The van der Waals surface area contributed by atoms with Crippen LogP contribution in [0.1, 0.15) is 11.1 Å². The van der Waals surface area contributed by atoms with Gasteiger partial charge < -0.3 is 4.98 Å². The zero-order valence-corrected chi connectivity index (χ0v) is 18.9. The molecule has 5 rings (SSSR count). The number of fused-ring (bicyclic) bond motifs is 3. The van der Waals surface area contributed by atoms with Crippen LogP contribution >= 0.6 is 35.0 Å². The van der Waals surface area contributed by atoms with Crippen molar-refractivity contribution in [1.29, 1.82) is 0 Å². The summed E-state index contributed by atoms with van der Waals surface area (Å²) >= 11 is 13.7. The molecule has 7 heteroatoms. The van der Waals surface area contributed by atoms with Crippen LogP contribution in [0.4, 0.5) is 0 Å². The van der Waals surface area contributed by atoms with Gasteiger partial charge in [-0.3, -0.25) is 9.36 Å². The van der Waals surface area contributed by atoms with E-state index in [1.165, 1.54) is 11.8 Å². The number of nitrogens with one attached hydrogen (secondary N) is 1. The predicted octanol–water partition coefficient (Wildman–Crippen LogP) is 6.77. The maximum atomic E-state index is 13.6. The van der Waals surface area contributed by atoms with Gasteiger partial charge in [0, 0.05) is 16.7 Å². The molecule has 2 aromatic heterocycles. The van der Waals surface area contributed by atoms with Crippen LogP contribution in [0.25, 0.3) is 27.6 Å². The Bertz CT molecular complexity index is 1510. The molecule has 154 valence electrons. The topological polar surface area (TPSA) is 50.7 Å². The van der Waals surface area contributed by atoms with Crippen molar-refractivity contribution in [1.82, 2.24) is 14.5 Å². The van der Waals surface area contributed by atoms with E-state index in [1.54, 1.807) is 10.6 Å². The Morgan fingerprint density at radius 3 is 2.58 bits per heavy atom. The lowest BCUT2D eigenvalue weighted by molar-refractivity contribution is 0.813. The number of rotatable bonds is 4. The third kappa shape index (κ3) is 3.63. The van der Waals surface area contributed by atoms with Crippen molar-refractivity contribution >= 4 is 56.9 Å². The van der Waals surface area contributed by atoms with E-state index < -0.39 is 0 Å². The van der Waals surface area contributed by atoms with Gasteiger partial charge in [0.05, 0.1) is 15.7 Å². The highest BCUT2D eigenvalue weighted by Gasteiger charge is 2.18. The van der Waals surface area contributed by atoms with Crippen LogP contribution in [0.5, 0.6) is 0 Å². The van der Waals surface area contributed by atoms with E-state index >= 15 is 0 Å². The van der Waals surface area contributed by atoms with Crippen molar-refractivity contribution in [2.75, 3.05) is 0 Å². The van der Waals surface area contributed by atoms with Gasteiger partial charge in [-0.25, -0.2) is 4.98 Å². The number of para-hydroxylation sites is 2. The number of aromatic amines is 1. The van der Waals surface area contributed by atoms with E-state index in [0.29, 0.717) is 32.0 Å². The molecule has 0 bridgehead atoms. The Morgan fingerprint density at radius 1 is 1.00 bits per heavy atom. The number of H-pyrrole nitrogens is 1. The monoisotopic (exact) mass is 465 g/mol. The van der Waals surface area contributed by atoms with Crippen molar-refractivity contribution in [3.05, 3.63) is 98.3 Å². The minimum atomic E-state index is -0.118. The fraction of sp³-hybridized carbons (Fsp3) is 0.0833. The SMILES string of the molecule is Cc1ccccc1-n1c(SCc2ccc(Cl)c(Cl)c2)nc2c([nH]c3ccccc32)c1=O. The molecular weight excluding hydrogens is 449 g/mol. The smallest absolute Gasteiger partial charge is 0.283 e. The highest BCUT2D eigenvalue weighted by molar-refractivity contribution is 7.98. The van der Waals surface area contributed by atoms with Gasteiger partial charge in [0.25, 0.3) is 5.56 Å². The van der Waals surface area contributed by atoms with Crippen LogP contribution in [0.2, 0.25) is 10.0 Å². The second-order valence-electron chi connectivity index (χ2n) is 7.25. The average Bonchev–Trinajstić information content (AvgIpc) is 3.15. The second-order valence-corrected chi connectivity index (χ2v) is 9.01. The van der Waals surface area contributed by atoms with Crippen molar-refractivity contribution in [3.63, 3.8) is 0 Å². The minimum Gasteiger partial charge on any atom is -0.349 e. The molecule has 4 nitrogen and oxygen atoms in total. The highest BCUT2D eigenvalue weighted by Crippen LogP contribution is 2.30. The molecular formula is C24H17Cl2N3OS. The zero-order valence-electron chi connectivity index (χ0n) is 16.5. The third-order valence-corrected chi connectivity index (χ3v) is 6.95. The maximum Gasteiger partial charge on any atom is 0.283 e. The molecule has 1 N–H and O–H groups in total. The Hall–Kier alpha value is -2.73. The Labute approximate surface area is 192 Å². The van der Waals surface area contributed by atoms with Crippen molar-refractivity contribution < 1.29 is 0 Å². The van der Waals surface area contributed by atoms with Crippen molar-refractivity contribution in [3.8, 4) is 5.69 Å². The van der Waals surface area contributed by atoms with Crippen LogP contribution in [0.15, 0.2) is 76.7 Å². The first-order valence-corrected chi connectivity index (χ1v) is 11.4. The van der Waals surface area contributed by atoms with Crippen LogP contribution in [-0.4, -0.2) is 14.5 Å². The molecule has 0 aliphatic carbocycles. The number of aromatic nitrogens is 3. The van der Waals surface area contributed by atoms with Crippen LogP contribution in [0.3, 0.4) is 0 Å². The molecule has 0 fully saturated rings. The molecule has 31 heavy (non-hydrogen) atoms. The first kappa shape index (κ1) is 20.2. The number of hydrogen-bond donors (Lipinski definition) is 1. The lowest BCUT2D eigenvalue weighted by Crippen LogP contribution is -2.22. The Kier molecular flexibility index (Phi) is 5.26. The van der Waals surface area contributed by atoms with E-state index in [4.69, 9.17) is 28.2 Å². The highest BCUT2D eigenvalue weighted by atomic mass is 35.5. The number of thioether (sulfide) groups is 1. The van der Waals surface area contributed by atoms with E-state index in [0.717, 1.165) is 27.7 Å². The minimum absolute atomic E-state index is 0.118. The fourth-order valence-electron chi connectivity index (χ4n) is 3.64. The van der Waals surface area contributed by atoms with Gasteiger partial charge in [-0.1, -0.05) is 77.4 Å². The van der Waals surface area contributed by atoms with E-state index in [1.807, 2.05) is 67.6 Å². The number of aryl methyl sites for hydroxylation is 1. The number of nitrogens with zero attached hydrogens (tertiary/aromatic N) is 2. The van der Waals surface area contributed by atoms with Gasteiger partial charge in [-0.2, -0.15) is 0 Å². The lowest BCUT2D eigenvalue weighted by Gasteiger charge is -2.14. The third-order valence-electron chi connectivity index (χ3n) is 5.20. The van der Waals surface area contributed by atoms with Crippen LogP contribution in [-0.2, 0) is 5.75 Å². The number of halogens is 2. The van der Waals surface area contributed by atoms with E-state index in [-0.39, 0.29) is 5.56 Å². The summed E-state index contributed by atoms with van der Waals surface area (Å²) < 4.78 is 1.69. The van der Waals surface area contributed by atoms with E-state index in [9.17, 15) is 4.79 Å². The molecule has 0 spiro atoms. The van der Waals surface area contributed by atoms with Crippen molar-refractivity contribution in [2.45, 2.75) is 17.8 Å². The summed E-state index contributed by atoms with van der Waals surface area (Å²) in [5.41, 5.74) is 4.78. The lowest BCUT2D eigenvalue weighted by atomic mass is 10.2. The largest absolute Gasteiger partial charge is 0.349 e. The van der Waals surface area contributed by atoms with Gasteiger partial charge in [0.1, 0.15) is 11.0 Å². The molecule has 0 saturated heterocycles. The number of benzene rings is 3. The summed E-state index contributed by atoms with van der Waals surface area (Å²) in [5, 5.41) is 2.59. The predicted molar refractivity (Wildman–Crippen MR) is 130 cm³/mol. The first-order chi connectivity index (χ1) is 15.0. The first-order valence-electron chi connectivity index (χ1n) is 9.69. The summed E-state index contributed by atoms with van der Waals surface area (Å²) in [4.78, 5) is 21.8. The van der Waals surface area contributed by atoms with E-state index in [2.05, 4.69) is 4.98 Å². The summed E-state index contributed by atoms with van der Waals surface area (Å²) in [6.07, 6.45) is 0. The van der Waals surface area contributed by atoms with Crippen molar-refractivity contribution in [2.24, 2.45) is 0 Å². The number of hydrogen-bond acceptors (Lipinski definition) is 3. The molecule has 0 aliphatic heterocycles. The molecule has 0 atom stereocenters. The zero-order chi connectivity index (χ0) is 21.5. The second kappa shape index (κ2) is 8.08. The normalized spacial score (nSPS) is 11.5. The molecule has 0 saturated carbocycles. The Balaban J connectivity index is 1.71. The summed E-state index contributed by atoms with van der Waals surface area (Å²) in [7, 11) is 0. The summed E-state index contributed by atoms with van der Waals surface area (Å²) in [6.45, 7) is 1.99. The molecule has 0 amide bonds. The summed E-state index contributed by atoms with van der Waals surface area (Å²) in [5.74, 6) is 0.600. The molecule has 0 unspecified atom stereocenters. The molecule has 0 aliphatic rings. The molecule has 5 aromatic rings. The maximum absolute atomic E-state index is 13.6. The Morgan fingerprint density at radius 2 is 1.77 bits per heavy atom. The van der Waals surface area contributed by atoms with Crippen LogP contribution in [0, 0.1) is 6.92 Å². The summed E-state index contributed by atoms with van der Waals surface area (Å²) in [6, 6.07) is 21.2. The standard InChI is InChI=1S/C24H17Cl2N3OS/c1-14-6-2-5-9-20(14)29-23(30)22-21(16-7-3-4-8-19(16)27-22)28-24(29)31-13-15-10-11-17(25)18(26)12-15/h2-12,27H,13H2,1H3. The van der Waals surface area contributed by atoms with Gasteiger partial charge in [-0.15, -0.1) is 0 Å². The quantitative estimate of drug-likeness (QED) is 0.235. The van der Waals surface area contributed by atoms with Gasteiger partial charge >= 0.3 is 0 Å². The molecule has 0 radical (unpaired) electrons. The molecule has 2 heterocycles.